The zero-order valence-electron chi connectivity index (χ0n) is 16.6. The number of hydrogen-bond donors (Lipinski definition) is 1. The standard InChI is InChI=1S/C23H24FN3O3/c24-20-7-2-1-6-19(20)21-15-18(30-27-21)16-23(9-13-29-14-10-23)22(28)26-12-8-17-5-3-4-11-25-17/h1-7,11,15H,8-10,12-14,16H2,(H,26,28). The van der Waals surface area contributed by atoms with Gasteiger partial charge >= 0.3 is 0 Å². The summed E-state index contributed by atoms with van der Waals surface area (Å²) in [7, 11) is 0. The van der Waals surface area contributed by atoms with Gasteiger partial charge < -0.3 is 14.6 Å². The van der Waals surface area contributed by atoms with Gasteiger partial charge in [0, 0.05) is 56.1 Å². The first-order valence-electron chi connectivity index (χ1n) is 10.1. The van der Waals surface area contributed by atoms with Gasteiger partial charge in [-0.3, -0.25) is 9.78 Å². The summed E-state index contributed by atoms with van der Waals surface area (Å²) in [5, 5.41) is 7.07. The van der Waals surface area contributed by atoms with E-state index in [1.807, 2.05) is 18.2 Å². The van der Waals surface area contributed by atoms with E-state index >= 15 is 0 Å². The van der Waals surface area contributed by atoms with E-state index in [9.17, 15) is 9.18 Å². The van der Waals surface area contributed by atoms with Crippen LogP contribution < -0.4 is 5.32 Å². The fourth-order valence-corrected chi connectivity index (χ4v) is 3.81. The lowest BCUT2D eigenvalue weighted by Crippen LogP contribution is -2.46. The van der Waals surface area contributed by atoms with Gasteiger partial charge in [0.25, 0.3) is 0 Å². The van der Waals surface area contributed by atoms with Crippen molar-refractivity contribution in [1.29, 1.82) is 0 Å². The first-order valence-corrected chi connectivity index (χ1v) is 10.1. The molecule has 0 atom stereocenters. The smallest absolute Gasteiger partial charge is 0.226 e. The van der Waals surface area contributed by atoms with Crippen LogP contribution in [-0.2, 0) is 22.4 Å². The van der Waals surface area contributed by atoms with Crippen LogP contribution in [0.5, 0.6) is 0 Å². The summed E-state index contributed by atoms with van der Waals surface area (Å²) in [6, 6.07) is 13.9. The van der Waals surface area contributed by atoms with Crippen molar-refractivity contribution in [1.82, 2.24) is 15.5 Å². The average Bonchev–Trinajstić information content (AvgIpc) is 3.23. The van der Waals surface area contributed by atoms with Crippen LogP contribution in [0.1, 0.15) is 24.3 Å². The molecule has 0 saturated carbocycles. The maximum Gasteiger partial charge on any atom is 0.226 e. The fourth-order valence-electron chi connectivity index (χ4n) is 3.81. The van der Waals surface area contributed by atoms with E-state index in [1.54, 1.807) is 30.5 Å². The van der Waals surface area contributed by atoms with Crippen molar-refractivity contribution >= 4 is 5.91 Å². The Morgan fingerprint density at radius 3 is 2.70 bits per heavy atom. The Kier molecular flexibility index (Phi) is 6.18. The highest BCUT2D eigenvalue weighted by molar-refractivity contribution is 5.83. The van der Waals surface area contributed by atoms with Crippen LogP contribution in [0.2, 0.25) is 0 Å². The van der Waals surface area contributed by atoms with Gasteiger partial charge in [-0.25, -0.2) is 4.39 Å². The third kappa shape index (κ3) is 4.57. The highest BCUT2D eigenvalue weighted by atomic mass is 19.1. The Hall–Kier alpha value is -3.06. The zero-order chi connectivity index (χ0) is 20.8. The Morgan fingerprint density at radius 1 is 1.13 bits per heavy atom. The third-order valence-corrected chi connectivity index (χ3v) is 5.55. The van der Waals surface area contributed by atoms with Crippen molar-refractivity contribution in [3.05, 3.63) is 72.0 Å². The lowest BCUT2D eigenvalue weighted by molar-refractivity contribution is -0.137. The second-order valence-electron chi connectivity index (χ2n) is 7.55. The van der Waals surface area contributed by atoms with Gasteiger partial charge in [0.15, 0.2) is 0 Å². The number of ether oxygens (including phenoxy) is 1. The molecule has 0 spiro atoms. The van der Waals surface area contributed by atoms with Gasteiger partial charge in [-0.2, -0.15) is 0 Å². The van der Waals surface area contributed by atoms with Crippen molar-refractivity contribution in [2.75, 3.05) is 19.8 Å². The van der Waals surface area contributed by atoms with Crippen LogP contribution in [0.3, 0.4) is 0 Å². The molecule has 156 valence electrons. The number of nitrogens with zero attached hydrogens (tertiary/aromatic N) is 2. The molecule has 3 heterocycles. The molecule has 7 heteroatoms. The molecule has 4 rings (SSSR count). The molecule has 0 aliphatic carbocycles. The monoisotopic (exact) mass is 409 g/mol. The van der Waals surface area contributed by atoms with Crippen molar-refractivity contribution in [2.45, 2.75) is 25.7 Å². The largest absolute Gasteiger partial charge is 0.381 e. The molecule has 30 heavy (non-hydrogen) atoms. The van der Waals surface area contributed by atoms with E-state index in [2.05, 4.69) is 15.5 Å². The Balaban J connectivity index is 1.46. The molecular formula is C23H24FN3O3. The molecule has 1 N–H and O–H groups in total. The van der Waals surface area contributed by atoms with Crippen molar-refractivity contribution in [2.24, 2.45) is 5.41 Å². The molecule has 0 unspecified atom stereocenters. The van der Waals surface area contributed by atoms with Gasteiger partial charge in [-0.05, 0) is 37.1 Å². The number of carbonyl (C=O) groups excluding carboxylic acids is 1. The number of nitrogens with one attached hydrogen (secondary N) is 1. The van der Waals surface area contributed by atoms with Gasteiger partial charge in [0.05, 0.1) is 5.41 Å². The molecule has 2 aromatic heterocycles. The minimum atomic E-state index is -0.631. The fraction of sp³-hybridized carbons (Fsp3) is 0.348. The van der Waals surface area contributed by atoms with Crippen molar-refractivity contribution in [3.63, 3.8) is 0 Å². The first kappa shape index (κ1) is 20.2. The van der Waals surface area contributed by atoms with Crippen LogP contribution in [-0.4, -0.2) is 35.8 Å². The SMILES string of the molecule is O=C(NCCc1ccccn1)C1(Cc2cc(-c3ccccc3F)no2)CCOCC1. The summed E-state index contributed by atoms with van der Waals surface area (Å²) in [6.07, 6.45) is 4.00. The molecule has 1 saturated heterocycles. The van der Waals surface area contributed by atoms with E-state index in [0.717, 1.165) is 5.69 Å². The van der Waals surface area contributed by atoms with Crippen LogP contribution in [0, 0.1) is 11.2 Å². The molecular weight excluding hydrogens is 385 g/mol. The highest BCUT2D eigenvalue weighted by Gasteiger charge is 2.41. The summed E-state index contributed by atoms with van der Waals surface area (Å²) < 4.78 is 25.0. The molecule has 1 aliphatic rings. The number of hydrogen-bond acceptors (Lipinski definition) is 5. The highest BCUT2D eigenvalue weighted by Crippen LogP contribution is 2.36. The van der Waals surface area contributed by atoms with Gasteiger partial charge in [0.1, 0.15) is 17.3 Å². The van der Waals surface area contributed by atoms with Crippen molar-refractivity contribution in [3.8, 4) is 11.3 Å². The summed E-state index contributed by atoms with van der Waals surface area (Å²) in [6.45, 7) is 1.54. The maximum absolute atomic E-state index is 14.1. The first-order chi connectivity index (χ1) is 14.7. The summed E-state index contributed by atoms with van der Waals surface area (Å²) in [5.74, 6) is 0.186. The van der Waals surface area contributed by atoms with Crippen LogP contribution in [0.15, 0.2) is 59.3 Å². The molecule has 3 aromatic rings. The predicted molar refractivity (Wildman–Crippen MR) is 109 cm³/mol. The number of amides is 1. The maximum atomic E-state index is 14.1. The topological polar surface area (TPSA) is 77.3 Å². The van der Waals surface area contributed by atoms with E-state index in [1.165, 1.54) is 6.07 Å². The van der Waals surface area contributed by atoms with E-state index in [0.29, 0.717) is 62.5 Å². The Bertz CT molecular complexity index is 984. The second kappa shape index (κ2) is 9.17. The normalized spacial score (nSPS) is 15.6. The Morgan fingerprint density at radius 2 is 1.93 bits per heavy atom. The summed E-state index contributed by atoms with van der Waals surface area (Å²) in [4.78, 5) is 17.4. The van der Waals surface area contributed by atoms with Gasteiger partial charge in [-0.1, -0.05) is 23.4 Å². The lowest BCUT2D eigenvalue weighted by atomic mass is 9.75. The lowest BCUT2D eigenvalue weighted by Gasteiger charge is -2.35. The molecule has 1 aromatic carbocycles. The average molecular weight is 409 g/mol. The van der Waals surface area contributed by atoms with Crippen molar-refractivity contribution < 1.29 is 18.4 Å². The summed E-state index contributed by atoms with van der Waals surface area (Å²) in [5.41, 5.74) is 1.12. The number of carbonyl (C=O) groups is 1. The molecule has 1 aliphatic heterocycles. The molecule has 6 nitrogen and oxygen atoms in total. The van der Waals surface area contributed by atoms with Crippen LogP contribution in [0.25, 0.3) is 11.3 Å². The molecule has 0 bridgehead atoms. The number of aromatic nitrogens is 2. The van der Waals surface area contributed by atoms with Crippen LogP contribution in [0.4, 0.5) is 4.39 Å². The number of benzene rings is 1. The van der Waals surface area contributed by atoms with E-state index in [4.69, 9.17) is 9.26 Å². The zero-order valence-corrected chi connectivity index (χ0v) is 16.6. The van der Waals surface area contributed by atoms with Crippen LogP contribution >= 0.6 is 0 Å². The van der Waals surface area contributed by atoms with E-state index in [-0.39, 0.29) is 11.7 Å². The Labute approximate surface area is 174 Å². The van der Waals surface area contributed by atoms with Gasteiger partial charge in [-0.15, -0.1) is 0 Å². The quantitative estimate of drug-likeness (QED) is 0.646. The number of pyridine rings is 1. The minimum absolute atomic E-state index is 0.0226. The molecule has 1 amide bonds. The number of halogens is 1. The third-order valence-electron chi connectivity index (χ3n) is 5.55. The summed E-state index contributed by atoms with van der Waals surface area (Å²) >= 11 is 0. The second-order valence-corrected chi connectivity index (χ2v) is 7.55. The van der Waals surface area contributed by atoms with E-state index < -0.39 is 5.41 Å². The molecule has 1 fully saturated rings. The number of rotatable bonds is 7. The van der Waals surface area contributed by atoms with Gasteiger partial charge in [0.2, 0.25) is 5.91 Å². The minimum Gasteiger partial charge on any atom is -0.381 e. The predicted octanol–water partition coefficient (Wildman–Crippen LogP) is 3.57. The molecule has 0 radical (unpaired) electrons.